The Balaban J connectivity index is 1.45. The molecule has 0 aromatic heterocycles. The van der Waals surface area contributed by atoms with Crippen LogP contribution in [0.3, 0.4) is 0 Å². The van der Waals surface area contributed by atoms with E-state index in [0.29, 0.717) is 27.8 Å². The van der Waals surface area contributed by atoms with E-state index in [1.807, 2.05) is 12.1 Å². The molecule has 5 nitrogen and oxygen atoms in total. The fourth-order valence-corrected chi connectivity index (χ4v) is 4.87. The highest BCUT2D eigenvalue weighted by Crippen LogP contribution is 2.24. The second kappa shape index (κ2) is 10.9. The first kappa shape index (κ1) is 23.5. The summed E-state index contributed by atoms with van der Waals surface area (Å²) in [4.78, 5) is 12.5. The maximum atomic E-state index is 12.4. The van der Waals surface area contributed by atoms with Gasteiger partial charge in [-0.05, 0) is 54.1 Å². The molecule has 162 valence electrons. The van der Waals surface area contributed by atoms with Gasteiger partial charge in [0, 0.05) is 29.3 Å². The first-order chi connectivity index (χ1) is 14.8. The quantitative estimate of drug-likeness (QED) is 0.387. The zero-order valence-corrected chi connectivity index (χ0v) is 19.5. The van der Waals surface area contributed by atoms with E-state index in [-0.39, 0.29) is 10.8 Å². The molecule has 0 aliphatic heterocycles. The summed E-state index contributed by atoms with van der Waals surface area (Å²) >= 11 is 13.6. The second-order valence-corrected chi connectivity index (χ2v) is 10.2. The monoisotopic (exact) mass is 494 g/mol. The Bertz CT molecular complexity index is 1140. The first-order valence-electron chi connectivity index (χ1n) is 9.33. The minimum atomic E-state index is -3.66. The lowest BCUT2D eigenvalue weighted by molar-refractivity contribution is 0.0956. The average molecular weight is 495 g/mol. The summed E-state index contributed by atoms with van der Waals surface area (Å²) in [6.45, 7) is 0.507. The van der Waals surface area contributed by atoms with Crippen LogP contribution in [-0.2, 0) is 15.8 Å². The van der Waals surface area contributed by atoms with Gasteiger partial charge < -0.3 is 5.32 Å². The Hall–Kier alpha value is -2.19. The maximum Gasteiger partial charge on any atom is 0.261 e. The van der Waals surface area contributed by atoms with Crippen molar-refractivity contribution in [2.24, 2.45) is 0 Å². The molecule has 3 rings (SSSR count). The highest BCUT2D eigenvalue weighted by Gasteiger charge is 2.13. The number of benzene rings is 3. The Morgan fingerprint density at radius 1 is 0.903 bits per heavy atom. The summed E-state index contributed by atoms with van der Waals surface area (Å²) in [6, 6.07) is 19.9. The van der Waals surface area contributed by atoms with E-state index in [1.165, 1.54) is 12.1 Å². The molecule has 9 heteroatoms. The van der Waals surface area contributed by atoms with E-state index in [0.717, 1.165) is 17.1 Å². The number of hydrogen-bond donors (Lipinski definition) is 2. The van der Waals surface area contributed by atoms with Crippen LogP contribution in [0.25, 0.3) is 0 Å². The van der Waals surface area contributed by atoms with E-state index in [4.69, 9.17) is 23.2 Å². The molecule has 0 heterocycles. The highest BCUT2D eigenvalue weighted by molar-refractivity contribution is 7.98. The van der Waals surface area contributed by atoms with Crippen molar-refractivity contribution < 1.29 is 13.2 Å². The normalized spacial score (nSPS) is 11.2. The van der Waals surface area contributed by atoms with Gasteiger partial charge in [-0.25, -0.2) is 8.42 Å². The Labute approximate surface area is 196 Å². The lowest BCUT2D eigenvalue weighted by Crippen LogP contribution is -2.25. The standard InChI is InChI=1S/C22H20Cl2N2O3S2/c23-20-11-6-16(14-21(20)24)15-30-13-12-25-22(27)17-7-9-18(10-8-17)26-31(28,29)19-4-2-1-3-5-19/h1-11,14,26H,12-13,15H2,(H,25,27). The summed E-state index contributed by atoms with van der Waals surface area (Å²) in [7, 11) is -3.66. The van der Waals surface area contributed by atoms with E-state index in [1.54, 1.807) is 60.3 Å². The molecule has 0 atom stereocenters. The molecule has 2 N–H and O–H groups in total. The van der Waals surface area contributed by atoms with Crippen molar-refractivity contribution >= 4 is 56.6 Å². The molecule has 0 bridgehead atoms. The molecular weight excluding hydrogens is 475 g/mol. The van der Waals surface area contributed by atoms with Gasteiger partial charge in [-0.15, -0.1) is 0 Å². The smallest absolute Gasteiger partial charge is 0.261 e. The number of carbonyl (C=O) groups excluding carboxylic acids is 1. The van der Waals surface area contributed by atoms with Crippen LogP contribution >= 0.6 is 35.0 Å². The van der Waals surface area contributed by atoms with E-state index in [2.05, 4.69) is 10.0 Å². The predicted molar refractivity (Wildman–Crippen MR) is 129 cm³/mol. The predicted octanol–water partition coefficient (Wildman–Crippen LogP) is 5.46. The number of rotatable bonds is 9. The van der Waals surface area contributed by atoms with Gasteiger partial charge in [-0.1, -0.05) is 47.5 Å². The van der Waals surface area contributed by atoms with E-state index < -0.39 is 10.0 Å². The van der Waals surface area contributed by atoms with Crippen molar-refractivity contribution in [3.63, 3.8) is 0 Å². The van der Waals surface area contributed by atoms with Crippen LogP contribution in [0.2, 0.25) is 10.0 Å². The van der Waals surface area contributed by atoms with E-state index in [9.17, 15) is 13.2 Å². The van der Waals surface area contributed by atoms with Crippen LogP contribution in [0.1, 0.15) is 15.9 Å². The van der Waals surface area contributed by atoms with Crippen molar-refractivity contribution in [2.45, 2.75) is 10.6 Å². The molecule has 31 heavy (non-hydrogen) atoms. The lowest BCUT2D eigenvalue weighted by Gasteiger charge is -2.09. The largest absolute Gasteiger partial charge is 0.351 e. The van der Waals surface area contributed by atoms with Crippen molar-refractivity contribution in [1.82, 2.24) is 5.32 Å². The van der Waals surface area contributed by atoms with E-state index >= 15 is 0 Å². The summed E-state index contributed by atoms with van der Waals surface area (Å²) in [5, 5.41) is 3.91. The van der Waals surface area contributed by atoms with Gasteiger partial charge in [-0.3, -0.25) is 9.52 Å². The lowest BCUT2D eigenvalue weighted by atomic mass is 10.2. The van der Waals surface area contributed by atoms with Crippen LogP contribution in [0.5, 0.6) is 0 Å². The molecule has 0 fully saturated rings. The summed E-state index contributed by atoms with van der Waals surface area (Å²) in [6.07, 6.45) is 0. The second-order valence-electron chi connectivity index (χ2n) is 6.55. The van der Waals surface area contributed by atoms with Crippen molar-refractivity contribution in [1.29, 1.82) is 0 Å². The number of amides is 1. The molecule has 3 aromatic rings. The number of thioether (sulfide) groups is 1. The zero-order valence-electron chi connectivity index (χ0n) is 16.3. The third-order valence-corrected chi connectivity index (χ3v) is 7.40. The number of nitrogens with one attached hydrogen (secondary N) is 2. The zero-order chi connectivity index (χ0) is 22.3. The van der Waals surface area contributed by atoms with Crippen LogP contribution in [-0.4, -0.2) is 26.6 Å². The maximum absolute atomic E-state index is 12.4. The van der Waals surface area contributed by atoms with Gasteiger partial charge in [0.15, 0.2) is 0 Å². The van der Waals surface area contributed by atoms with Crippen molar-refractivity contribution in [2.75, 3.05) is 17.0 Å². The van der Waals surface area contributed by atoms with Gasteiger partial charge in [0.2, 0.25) is 0 Å². The molecule has 0 unspecified atom stereocenters. The average Bonchev–Trinajstić information content (AvgIpc) is 2.76. The van der Waals surface area contributed by atoms with Crippen LogP contribution in [0.4, 0.5) is 5.69 Å². The molecule has 0 saturated carbocycles. The molecule has 3 aromatic carbocycles. The fourth-order valence-electron chi connectivity index (χ4n) is 2.66. The van der Waals surface area contributed by atoms with Crippen LogP contribution in [0, 0.1) is 0 Å². The number of anilines is 1. The Morgan fingerprint density at radius 3 is 2.29 bits per heavy atom. The summed E-state index contributed by atoms with van der Waals surface area (Å²) < 4.78 is 27.2. The number of sulfonamides is 1. The molecule has 1 amide bonds. The van der Waals surface area contributed by atoms with Gasteiger partial charge in [0.25, 0.3) is 15.9 Å². The summed E-state index contributed by atoms with van der Waals surface area (Å²) in [5.74, 6) is 1.29. The minimum Gasteiger partial charge on any atom is -0.351 e. The number of halogens is 2. The van der Waals surface area contributed by atoms with Crippen LogP contribution < -0.4 is 10.0 Å². The highest BCUT2D eigenvalue weighted by atomic mass is 35.5. The SMILES string of the molecule is O=C(NCCSCc1ccc(Cl)c(Cl)c1)c1ccc(NS(=O)(=O)c2ccccc2)cc1. The number of carbonyl (C=O) groups is 1. The van der Waals surface area contributed by atoms with Gasteiger partial charge in [0.05, 0.1) is 14.9 Å². The van der Waals surface area contributed by atoms with Crippen molar-refractivity contribution in [3.8, 4) is 0 Å². The Kier molecular flexibility index (Phi) is 8.26. The third-order valence-electron chi connectivity index (χ3n) is 4.24. The van der Waals surface area contributed by atoms with Crippen molar-refractivity contribution in [3.05, 3.63) is 94.0 Å². The molecule has 0 aliphatic carbocycles. The number of hydrogen-bond acceptors (Lipinski definition) is 4. The first-order valence-corrected chi connectivity index (χ1v) is 12.7. The molecule has 0 saturated heterocycles. The topological polar surface area (TPSA) is 75.3 Å². The molecular formula is C22H20Cl2N2O3S2. The van der Waals surface area contributed by atoms with Gasteiger partial charge in [0.1, 0.15) is 0 Å². The third kappa shape index (κ3) is 6.90. The summed E-state index contributed by atoms with van der Waals surface area (Å²) in [5.41, 5.74) is 1.91. The van der Waals surface area contributed by atoms with Gasteiger partial charge >= 0.3 is 0 Å². The van der Waals surface area contributed by atoms with Gasteiger partial charge in [-0.2, -0.15) is 11.8 Å². The van der Waals surface area contributed by atoms with Crippen LogP contribution in [0.15, 0.2) is 77.7 Å². The molecule has 0 spiro atoms. The molecule has 0 radical (unpaired) electrons. The minimum absolute atomic E-state index is 0.176. The Morgan fingerprint density at radius 2 is 1.61 bits per heavy atom. The molecule has 0 aliphatic rings. The fraction of sp³-hybridized carbons (Fsp3) is 0.136.